The molecule has 0 unspecified atom stereocenters. The number of nitrogens with one attached hydrogen (secondary N) is 1. The van der Waals surface area contributed by atoms with Gasteiger partial charge >= 0.3 is 5.97 Å². The highest BCUT2D eigenvalue weighted by Crippen LogP contribution is 2.23. The van der Waals surface area contributed by atoms with Gasteiger partial charge in [-0.2, -0.15) is 0 Å². The van der Waals surface area contributed by atoms with E-state index in [1.54, 1.807) is 17.8 Å². The highest BCUT2D eigenvalue weighted by Gasteiger charge is 2.10. The summed E-state index contributed by atoms with van der Waals surface area (Å²) in [5.41, 5.74) is 1.58. The molecular formula is C18H16ClNO3S. The SMILES string of the molecule is COC(=O)c1ccc(Cl)c(NC(=O)/C=C/c2ccc(SC)cc2)c1. The molecule has 4 nitrogen and oxygen atoms in total. The molecule has 2 aromatic carbocycles. The molecule has 124 valence electrons. The highest BCUT2D eigenvalue weighted by atomic mass is 35.5. The molecule has 1 amide bonds. The Bertz CT molecular complexity index is 772. The van der Waals surface area contributed by atoms with Crippen LogP contribution in [0.15, 0.2) is 53.4 Å². The molecule has 0 fully saturated rings. The number of methoxy groups -OCH3 is 1. The number of hydrogen-bond acceptors (Lipinski definition) is 4. The molecule has 0 saturated carbocycles. The zero-order valence-corrected chi connectivity index (χ0v) is 14.8. The Morgan fingerprint density at radius 3 is 2.50 bits per heavy atom. The monoisotopic (exact) mass is 361 g/mol. The maximum absolute atomic E-state index is 12.0. The van der Waals surface area contributed by atoms with Gasteiger partial charge in [0.15, 0.2) is 0 Å². The number of esters is 1. The Balaban J connectivity index is 2.08. The zero-order valence-electron chi connectivity index (χ0n) is 13.2. The van der Waals surface area contributed by atoms with Crippen LogP contribution in [0.1, 0.15) is 15.9 Å². The van der Waals surface area contributed by atoms with Crippen molar-refractivity contribution < 1.29 is 14.3 Å². The third-order valence-electron chi connectivity index (χ3n) is 3.19. The van der Waals surface area contributed by atoms with Gasteiger partial charge in [-0.3, -0.25) is 4.79 Å². The van der Waals surface area contributed by atoms with Gasteiger partial charge in [-0.25, -0.2) is 4.79 Å². The van der Waals surface area contributed by atoms with E-state index in [2.05, 4.69) is 10.1 Å². The first kappa shape index (κ1) is 18.1. The summed E-state index contributed by atoms with van der Waals surface area (Å²) in [5.74, 6) is -0.834. The first-order valence-corrected chi connectivity index (χ1v) is 8.64. The molecule has 0 spiro atoms. The minimum absolute atomic E-state index is 0.314. The second-order valence-corrected chi connectivity index (χ2v) is 6.07. The van der Waals surface area contributed by atoms with Crippen LogP contribution in [0, 0.1) is 0 Å². The number of halogens is 1. The van der Waals surface area contributed by atoms with Crippen molar-refractivity contribution in [2.24, 2.45) is 0 Å². The molecule has 6 heteroatoms. The topological polar surface area (TPSA) is 55.4 Å². The Morgan fingerprint density at radius 2 is 1.88 bits per heavy atom. The molecule has 2 rings (SSSR count). The number of thioether (sulfide) groups is 1. The van der Waals surface area contributed by atoms with Gasteiger partial charge in [0.2, 0.25) is 5.91 Å². The first-order valence-electron chi connectivity index (χ1n) is 7.04. The number of rotatable bonds is 5. The number of hydrogen-bond donors (Lipinski definition) is 1. The van der Waals surface area contributed by atoms with Crippen LogP contribution in [0.2, 0.25) is 5.02 Å². The standard InChI is InChI=1S/C18H16ClNO3S/c1-23-18(22)13-6-9-15(19)16(11-13)20-17(21)10-5-12-3-7-14(24-2)8-4-12/h3-11H,1-2H3,(H,20,21)/b10-5+. The molecule has 24 heavy (non-hydrogen) atoms. The van der Waals surface area contributed by atoms with E-state index in [0.29, 0.717) is 16.3 Å². The van der Waals surface area contributed by atoms with E-state index in [1.807, 2.05) is 30.5 Å². The Labute approximate surface area is 149 Å². The third kappa shape index (κ3) is 4.88. The van der Waals surface area contributed by atoms with Crippen LogP contribution in [0.4, 0.5) is 5.69 Å². The number of amides is 1. The van der Waals surface area contributed by atoms with Gasteiger partial charge in [0.25, 0.3) is 0 Å². The predicted octanol–water partition coefficient (Wildman–Crippen LogP) is 4.50. The summed E-state index contributed by atoms with van der Waals surface area (Å²) < 4.78 is 4.65. The largest absolute Gasteiger partial charge is 0.465 e. The summed E-state index contributed by atoms with van der Waals surface area (Å²) in [5, 5.41) is 2.99. The van der Waals surface area contributed by atoms with Crippen molar-refractivity contribution in [1.82, 2.24) is 0 Å². The van der Waals surface area contributed by atoms with Crippen molar-refractivity contribution in [2.45, 2.75) is 4.90 Å². The van der Waals surface area contributed by atoms with Crippen molar-refractivity contribution in [3.8, 4) is 0 Å². The molecule has 2 aromatic rings. The molecule has 0 bridgehead atoms. The molecule has 0 aliphatic rings. The number of benzene rings is 2. The summed E-state index contributed by atoms with van der Waals surface area (Å²) >= 11 is 7.70. The van der Waals surface area contributed by atoms with Crippen LogP contribution in [0.25, 0.3) is 6.08 Å². The smallest absolute Gasteiger partial charge is 0.337 e. The lowest BCUT2D eigenvalue weighted by Gasteiger charge is -2.07. The summed E-state index contributed by atoms with van der Waals surface area (Å²) in [6, 6.07) is 12.4. The minimum atomic E-state index is -0.494. The lowest BCUT2D eigenvalue weighted by molar-refractivity contribution is -0.111. The lowest BCUT2D eigenvalue weighted by atomic mass is 10.2. The number of ether oxygens (including phenoxy) is 1. The molecule has 0 atom stereocenters. The van der Waals surface area contributed by atoms with Crippen LogP contribution in [0.5, 0.6) is 0 Å². The van der Waals surface area contributed by atoms with Gasteiger partial charge in [0, 0.05) is 11.0 Å². The van der Waals surface area contributed by atoms with Crippen molar-refractivity contribution in [1.29, 1.82) is 0 Å². The summed E-state index contributed by atoms with van der Waals surface area (Å²) in [4.78, 5) is 24.7. The minimum Gasteiger partial charge on any atom is -0.465 e. The molecule has 1 N–H and O–H groups in total. The van der Waals surface area contributed by atoms with E-state index in [1.165, 1.54) is 31.4 Å². The van der Waals surface area contributed by atoms with Crippen LogP contribution >= 0.6 is 23.4 Å². The van der Waals surface area contributed by atoms with Gasteiger partial charge in [-0.1, -0.05) is 23.7 Å². The van der Waals surface area contributed by atoms with Crippen molar-refractivity contribution in [3.63, 3.8) is 0 Å². The number of anilines is 1. The van der Waals surface area contributed by atoms with E-state index < -0.39 is 5.97 Å². The number of carbonyl (C=O) groups excluding carboxylic acids is 2. The second-order valence-electron chi connectivity index (χ2n) is 4.78. The Hall–Kier alpha value is -2.24. The lowest BCUT2D eigenvalue weighted by Crippen LogP contribution is -2.09. The van der Waals surface area contributed by atoms with E-state index >= 15 is 0 Å². The van der Waals surface area contributed by atoms with Crippen LogP contribution < -0.4 is 5.32 Å². The Kier molecular flexibility index (Phi) is 6.46. The fourth-order valence-electron chi connectivity index (χ4n) is 1.93. The first-order chi connectivity index (χ1) is 11.5. The van der Waals surface area contributed by atoms with Crippen molar-refractivity contribution in [2.75, 3.05) is 18.7 Å². The fraction of sp³-hybridized carbons (Fsp3) is 0.111. The van der Waals surface area contributed by atoms with Gasteiger partial charge < -0.3 is 10.1 Å². The Morgan fingerprint density at radius 1 is 1.17 bits per heavy atom. The quantitative estimate of drug-likeness (QED) is 0.484. The molecule has 0 heterocycles. The van der Waals surface area contributed by atoms with Crippen LogP contribution in [-0.2, 0) is 9.53 Å². The average Bonchev–Trinajstić information content (AvgIpc) is 2.61. The molecule has 0 aromatic heterocycles. The molecule has 0 radical (unpaired) electrons. The van der Waals surface area contributed by atoms with E-state index in [-0.39, 0.29) is 5.91 Å². The summed E-state index contributed by atoms with van der Waals surface area (Å²) in [6.07, 6.45) is 5.12. The average molecular weight is 362 g/mol. The van der Waals surface area contributed by atoms with E-state index in [4.69, 9.17) is 11.6 Å². The number of carbonyl (C=O) groups is 2. The third-order valence-corrected chi connectivity index (χ3v) is 4.26. The molecular weight excluding hydrogens is 346 g/mol. The molecule has 0 aliphatic heterocycles. The van der Waals surface area contributed by atoms with Gasteiger partial charge in [0.1, 0.15) is 0 Å². The molecule has 0 aliphatic carbocycles. The van der Waals surface area contributed by atoms with Gasteiger partial charge in [-0.05, 0) is 48.2 Å². The molecule has 0 saturated heterocycles. The van der Waals surface area contributed by atoms with E-state index in [9.17, 15) is 9.59 Å². The fourth-order valence-corrected chi connectivity index (χ4v) is 2.50. The van der Waals surface area contributed by atoms with Crippen molar-refractivity contribution in [3.05, 3.63) is 64.7 Å². The van der Waals surface area contributed by atoms with Gasteiger partial charge in [-0.15, -0.1) is 11.8 Å². The maximum Gasteiger partial charge on any atom is 0.337 e. The van der Waals surface area contributed by atoms with E-state index in [0.717, 1.165) is 10.5 Å². The van der Waals surface area contributed by atoms with Crippen LogP contribution in [0.3, 0.4) is 0 Å². The second kappa shape index (κ2) is 8.57. The zero-order chi connectivity index (χ0) is 17.5. The summed E-state index contributed by atoms with van der Waals surface area (Å²) in [7, 11) is 1.29. The predicted molar refractivity (Wildman–Crippen MR) is 98.7 cm³/mol. The highest BCUT2D eigenvalue weighted by molar-refractivity contribution is 7.98. The van der Waals surface area contributed by atoms with Gasteiger partial charge in [0.05, 0.1) is 23.4 Å². The van der Waals surface area contributed by atoms with Crippen LogP contribution in [-0.4, -0.2) is 25.2 Å². The van der Waals surface area contributed by atoms with Crippen molar-refractivity contribution >= 4 is 47.0 Å². The summed E-state index contributed by atoms with van der Waals surface area (Å²) in [6.45, 7) is 0. The normalized spacial score (nSPS) is 10.6. The maximum atomic E-state index is 12.0.